The molecule has 1 fully saturated rings. The van der Waals surface area contributed by atoms with Crippen LogP contribution in [-0.4, -0.2) is 54.0 Å². The van der Waals surface area contributed by atoms with Crippen molar-refractivity contribution in [1.82, 2.24) is 20.5 Å². The Morgan fingerprint density at radius 1 is 1.10 bits per heavy atom. The Morgan fingerprint density at radius 2 is 1.86 bits per heavy atom. The monoisotopic (exact) mass is 435 g/mol. The molecule has 3 amide bonds. The van der Waals surface area contributed by atoms with Gasteiger partial charge in [-0.25, -0.2) is 4.79 Å². The lowest BCUT2D eigenvalue weighted by molar-refractivity contribution is -0.122. The Kier molecular flexibility index (Phi) is 7.17. The van der Waals surface area contributed by atoms with Crippen LogP contribution in [0.2, 0.25) is 10.0 Å². The number of pyridine rings is 1. The number of halogens is 2. The summed E-state index contributed by atoms with van der Waals surface area (Å²) in [5.74, 6) is -0.251. The topological polar surface area (TPSA) is 77.6 Å². The number of anilines is 1. The Hall–Kier alpha value is -2.51. The zero-order chi connectivity index (χ0) is 20.8. The number of urea groups is 1. The molecule has 1 atom stereocenters. The molecule has 2 aromatic rings. The van der Waals surface area contributed by atoms with E-state index in [1.807, 2.05) is 30.3 Å². The standard InChI is InChI=1S/C20H23Cl2N5O2/c1-14(19(28)24-13-15-4-2-3-7-23-15)25-20(29)27-10-8-26(9-11-27)16-5-6-17(21)18(22)12-16/h2-7,12,14H,8-11,13H2,1H3,(H,24,28)(H,25,29)/t14-/m0/s1. The second-order valence-corrected chi connectivity index (χ2v) is 7.60. The maximum absolute atomic E-state index is 12.5. The van der Waals surface area contributed by atoms with Crippen LogP contribution in [0.15, 0.2) is 42.6 Å². The molecule has 0 saturated carbocycles. The van der Waals surface area contributed by atoms with E-state index in [4.69, 9.17) is 23.2 Å². The van der Waals surface area contributed by atoms with Crippen molar-refractivity contribution in [2.75, 3.05) is 31.1 Å². The Morgan fingerprint density at radius 3 is 2.52 bits per heavy atom. The number of amides is 3. The largest absolute Gasteiger partial charge is 0.368 e. The van der Waals surface area contributed by atoms with E-state index in [1.54, 1.807) is 24.1 Å². The summed E-state index contributed by atoms with van der Waals surface area (Å²) < 4.78 is 0. The van der Waals surface area contributed by atoms with Crippen LogP contribution in [0.1, 0.15) is 12.6 Å². The third-order valence-electron chi connectivity index (χ3n) is 4.74. The van der Waals surface area contributed by atoms with E-state index >= 15 is 0 Å². The first-order chi connectivity index (χ1) is 13.9. The van der Waals surface area contributed by atoms with E-state index < -0.39 is 6.04 Å². The van der Waals surface area contributed by atoms with Crippen molar-refractivity contribution < 1.29 is 9.59 Å². The fourth-order valence-electron chi connectivity index (χ4n) is 3.02. The molecule has 1 saturated heterocycles. The molecule has 1 aromatic carbocycles. The highest BCUT2D eigenvalue weighted by atomic mass is 35.5. The minimum absolute atomic E-state index is 0.251. The minimum Gasteiger partial charge on any atom is -0.368 e. The first kappa shape index (κ1) is 21.2. The third-order valence-corrected chi connectivity index (χ3v) is 5.48. The summed E-state index contributed by atoms with van der Waals surface area (Å²) >= 11 is 12.1. The average Bonchev–Trinajstić information content (AvgIpc) is 2.74. The molecule has 1 aromatic heterocycles. The molecule has 29 heavy (non-hydrogen) atoms. The molecule has 7 nitrogen and oxygen atoms in total. The van der Waals surface area contributed by atoms with Crippen molar-refractivity contribution in [2.24, 2.45) is 0 Å². The quantitative estimate of drug-likeness (QED) is 0.756. The molecule has 0 bridgehead atoms. The molecule has 0 unspecified atom stereocenters. The van der Waals surface area contributed by atoms with E-state index in [0.29, 0.717) is 42.8 Å². The molecule has 3 rings (SSSR count). The summed E-state index contributed by atoms with van der Waals surface area (Å²) in [5, 5.41) is 6.56. The van der Waals surface area contributed by atoms with Crippen LogP contribution in [0.5, 0.6) is 0 Å². The molecule has 0 radical (unpaired) electrons. The van der Waals surface area contributed by atoms with Crippen LogP contribution in [0, 0.1) is 0 Å². The van der Waals surface area contributed by atoms with Gasteiger partial charge in [-0.15, -0.1) is 0 Å². The number of aromatic nitrogens is 1. The lowest BCUT2D eigenvalue weighted by atomic mass is 10.2. The van der Waals surface area contributed by atoms with Gasteiger partial charge < -0.3 is 20.4 Å². The minimum atomic E-state index is -0.640. The van der Waals surface area contributed by atoms with E-state index in [0.717, 1.165) is 11.4 Å². The van der Waals surface area contributed by atoms with Gasteiger partial charge in [-0.05, 0) is 37.3 Å². The maximum atomic E-state index is 12.5. The summed E-state index contributed by atoms with van der Waals surface area (Å²) in [5.41, 5.74) is 1.74. The number of nitrogens with one attached hydrogen (secondary N) is 2. The molecule has 154 valence electrons. The van der Waals surface area contributed by atoms with Gasteiger partial charge in [-0.1, -0.05) is 29.3 Å². The van der Waals surface area contributed by atoms with Gasteiger partial charge >= 0.3 is 6.03 Å². The van der Waals surface area contributed by atoms with Gasteiger partial charge in [0.25, 0.3) is 0 Å². The first-order valence-corrected chi connectivity index (χ1v) is 10.1. The smallest absolute Gasteiger partial charge is 0.318 e. The lowest BCUT2D eigenvalue weighted by Crippen LogP contribution is -2.55. The van der Waals surface area contributed by atoms with Gasteiger partial charge in [0.1, 0.15) is 6.04 Å². The van der Waals surface area contributed by atoms with Crippen molar-refractivity contribution in [3.63, 3.8) is 0 Å². The van der Waals surface area contributed by atoms with Gasteiger partial charge in [-0.2, -0.15) is 0 Å². The van der Waals surface area contributed by atoms with Gasteiger partial charge in [0, 0.05) is 38.1 Å². The highest BCUT2D eigenvalue weighted by Gasteiger charge is 2.24. The van der Waals surface area contributed by atoms with Crippen LogP contribution >= 0.6 is 23.2 Å². The molecular weight excluding hydrogens is 413 g/mol. The second kappa shape index (κ2) is 9.80. The molecule has 0 spiro atoms. The Labute approximate surface area is 180 Å². The summed E-state index contributed by atoms with van der Waals surface area (Å²) in [6.07, 6.45) is 1.67. The highest BCUT2D eigenvalue weighted by molar-refractivity contribution is 6.42. The highest BCUT2D eigenvalue weighted by Crippen LogP contribution is 2.27. The molecule has 0 aliphatic carbocycles. The van der Waals surface area contributed by atoms with Crippen LogP contribution in [0.25, 0.3) is 0 Å². The number of hydrogen-bond acceptors (Lipinski definition) is 4. The zero-order valence-electron chi connectivity index (χ0n) is 16.1. The molecule has 9 heteroatoms. The fraction of sp³-hybridized carbons (Fsp3) is 0.350. The van der Waals surface area contributed by atoms with Crippen molar-refractivity contribution in [3.05, 3.63) is 58.3 Å². The van der Waals surface area contributed by atoms with Crippen molar-refractivity contribution >= 4 is 40.8 Å². The number of rotatable bonds is 5. The normalized spacial score (nSPS) is 15.0. The van der Waals surface area contributed by atoms with Crippen molar-refractivity contribution in [2.45, 2.75) is 19.5 Å². The predicted octanol–water partition coefficient (Wildman–Crippen LogP) is 2.92. The summed E-state index contributed by atoms with van der Waals surface area (Å²) in [4.78, 5) is 32.7. The number of piperazine rings is 1. The van der Waals surface area contributed by atoms with Gasteiger partial charge in [0.15, 0.2) is 0 Å². The zero-order valence-corrected chi connectivity index (χ0v) is 17.6. The molecule has 2 N–H and O–H groups in total. The number of carbonyl (C=O) groups excluding carboxylic acids is 2. The number of carbonyl (C=O) groups is 2. The summed E-state index contributed by atoms with van der Waals surface area (Å²) in [6, 6.07) is 10.1. The van der Waals surface area contributed by atoms with Gasteiger partial charge in [0.2, 0.25) is 5.91 Å². The van der Waals surface area contributed by atoms with E-state index in [-0.39, 0.29) is 11.9 Å². The van der Waals surface area contributed by atoms with Gasteiger partial charge in [0.05, 0.1) is 22.3 Å². The van der Waals surface area contributed by atoms with Crippen LogP contribution in [-0.2, 0) is 11.3 Å². The molecule has 1 aliphatic heterocycles. The van der Waals surface area contributed by atoms with Crippen LogP contribution in [0.3, 0.4) is 0 Å². The summed E-state index contributed by atoms with van der Waals surface area (Å²) in [7, 11) is 0. The maximum Gasteiger partial charge on any atom is 0.318 e. The Balaban J connectivity index is 1.45. The second-order valence-electron chi connectivity index (χ2n) is 6.78. The SMILES string of the molecule is C[C@H](NC(=O)N1CCN(c2ccc(Cl)c(Cl)c2)CC1)C(=O)NCc1ccccn1. The lowest BCUT2D eigenvalue weighted by Gasteiger charge is -2.36. The number of benzene rings is 1. The van der Waals surface area contributed by atoms with Crippen molar-refractivity contribution in [3.8, 4) is 0 Å². The molecule has 2 heterocycles. The molecular formula is C20H23Cl2N5O2. The Bertz CT molecular complexity index is 857. The van der Waals surface area contributed by atoms with Crippen LogP contribution < -0.4 is 15.5 Å². The predicted molar refractivity (Wildman–Crippen MR) is 114 cm³/mol. The van der Waals surface area contributed by atoms with E-state index in [9.17, 15) is 9.59 Å². The third kappa shape index (κ3) is 5.74. The average molecular weight is 436 g/mol. The number of hydrogen-bond donors (Lipinski definition) is 2. The van der Waals surface area contributed by atoms with E-state index in [2.05, 4.69) is 20.5 Å². The fourth-order valence-corrected chi connectivity index (χ4v) is 3.32. The summed E-state index contributed by atoms with van der Waals surface area (Å²) in [6.45, 7) is 4.43. The van der Waals surface area contributed by atoms with Crippen molar-refractivity contribution in [1.29, 1.82) is 0 Å². The number of nitrogens with zero attached hydrogens (tertiary/aromatic N) is 3. The van der Waals surface area contributed by atoms with Crippen LogP contribution in [0.4, 0.5) is 10.5 Å². The first-order valence-electron chi connectivity index (χ1n) is 9.37. The van der Waals surface area contributed by atoms with E-state index in [1.165, 1.54) is 0 Å². The van der Waals surface area contributed by atoms with Gasteiger partial charge in [-0.3, -0.25) is 9.78 Å². The molecule has 1 aliphatic rings.